The third kappa shape index (κ3) is 3.22. The highest BCUT2D eigenvalue weighted by molar-refractivity contribution is 7.90. The van der Waals surface area contributed by atoms with Gasteiger partial charge >= 0.3 is 10.2 Å². The van der Waals surface area contributed by atoms with Gasteiger partial charge in [0.2, 0.25) is 0 Å². The Bertz CT molecular complexity index is 615. The minimum atomic E-state index is -3.45. The Labute approximate surface area is 126 Å². The van der Waals surface area contributed by atoms with Gasteiger partial charge in [0.25, 0.3) is 0 Å². The molecule has 1 saturated heterocycles. The Morgan fingerprint density at radius 1 is 1.38 bits per heavy atom. The van der Waals surface area contributed by atoms with Crippen LogP contribution in [0.5, 0.6) is 0 Å². The Morgan fingerprint density at radius 3 is 3.05 bits per heavy atom. The van der Waals surface area contributed by atoms with Crippen LogP contribution in [-0.4, -0.2) is 32.4 Å². The second-order valence-electron chi connectivity index (χ2n) is 6.08. The van der Waals surface area contributed by atoms with Crippen molar-refractivity contribution >= 4 is 15.9 Å². The summed E-state index contributed by atoms with van der Waals surface area (Å²) in [6.07, 6.45) is 3.00. The van der Waals surface area contributed by atoms with Crippen molar-refractivity contribution in [3.05, 3.63) is 29.3 Å². The maximum atomic E-state index is 12.6. The summed E-state index contributed by atoms with van der Waals surface area (Å²) >= 11 is 0. The molecule has 3 rings (SSSR count). The zero-order valence-corrected chi connectivity index (χ0v) is 13.2. The van der Waals surface area contributed by atoms with Gasteiger partial charge in [0.15, 0.2) is 0 Å². The molecular weight excluding hydrogens is 286 g/mol. The summed E-state index contributed by atoms with van der Waals surface area (Å²) in [4.78, 5) is 0. The highest BCUT2D eigenvalue weighted by atomic mass is 32.2. The first-order valence-corrected chi connectivity index (χ1v) is 9.09. The van der Waals surface area contributed by atoms with Crippen molar-refractivity contribution in [2.24, 2.45) is 5.92 Å². The first-order valence-electron chi connectivity index (χ1n) is 7.65. The van der Waals surface area contributed by atoms with Gasteiger partial charge in [-0.2, -0.15) is 12.7 Å². The van der Waals surface area contributed by atoms with E-state index >= 15 is 0 Å². The number of hydrogen-bond donors (Lipinski definition) is 2. The lowest BCUT2D eigenvalue weighted by atomic mass is 10.00. The Kier molecular flexibility index (Phi) is 4.19. The van der Waals surface area contributed by atoms with E-state index in [0.29, 0.717) is 19.0 Å². The van der Waals surface area contributed by atoms with Crippen LogP contribution in [0, 0.1) is 5.92 Å². The first kappa shape index (κ1) is 14.8. The molecule has 2 N–H and O–H groups in total. The standard InChI is InChI=1S/C15H23N3O2S/c1-12-4-3-9-18(11-12)21(19,20)17-15-6-2-5-13-7-8-16-10-14(13)15/h2,5-6,12,16-17H,3-4,7-11H2,1H3. The number of piperidine rings is 1. The van der Waals surface area contributed by atoms with Gasteiger partial charge in [-0.05, 0) is 48.9 Å². The molecule has 2 heterocycles. The summed E-state index contributed by atoms with van der Waals surface area (Å²) in [6.45, 7) is 5.02. The number of nitrogens with one attached hydrogen (secondary N) is 2. The van der Waals surface area contributed by atoms with Crippen LogP contribution in [0.3, 0.4) is 0 Å². The van der Waals surface area contributed by atoms with Gasteiger partial charge in [0.1, 0.15) is 0 Å². The van der Waals surface area contributed by atoms with Gasteiger partial charge in [-0.1, -0.05) is 19.1 Å². The van der Waals surface area contributed by atoms with E-state index in [0.717, 1.165) is 43.6 Å². The molecular formula is C15H23N3O2S. The predicted octanol–water partition coefficient (Wildman–Crippen LogP) is 1.72. The number of anilines is 1. The van der Waals surface area contributed by atoms with Crippen molar-refractivity contribution in [2.75, 3.05) is 24.4 Å². The Morgan fingerprint density at radius 2 is 2.24 bits per heavy atom. The van der Waals surface area contributed by atoms with Crippen molar-refractivity contribution < 1.29 is 8.42 Å². The van der Waals surface area contributed by atoms with Gasteiger partial charge in [-0.3, -0.25) is 4.72 Å². The Balaban J connectivity index is 1.82. The fourth-order valence-electron chi connectivity index (χ4n) is 3.18. The fourth-order valence-corrected chi connectivity index (χ4v) is 4.60. The molecule has 2 aliphatic heterocycles. The lowest BCUT2D eigenvalue weighted by Crippen LogP contribution is -2.42. The molecule has 21 heavy (non-hydrogen) atoms. The maximum absolute atomic E-state index is 12.6. The lowest BCUT2D eigenvalue weighted by Gasteiger charge is -2.31. The highest BCUT2D eigenvalue weighted by Crippen LogP contribution is 2.26. The van der Waals surface area contributed by atoms with Gasteiger partial charge in [-0.15, -0.1) is 0 Å². The van der Waals surface area contributed by atoms with Crippen molar-refractivity contribution in [3.8, 4) is 0 Å². The summed E-state index contributed by atoms with van der Waals surface area (Å²) in [6, 6.07) is 5.87. The van der Waals surface area contributed by atoms with E-state index in [9.17, 15) is 8.42 Å². The van der Waals surface area contributed by atoms with Crippen LogP contribution in [0.15, 0.2) is 18.2 Å². The molecule has 1 aromatic carbocycles. The van der Waals surface area contributed by atoms with Crippen molar-refractivity contribution in [1.29, 1.82) is 0 Å². The van der Waals surface area contributed by atoms with E-state index in [4.69, 9.17) is 0 Å². The largest absolute Gasteiger partial charge is 0.312 e. The van der Waals surface area contributed by atoms with E-state index < -0.39 is 10.2 Å². The van der Waals surface area contributed by atoms with E-state index in [2.05, 4.69) is 23.0 Å². The summed E-state index contributed by atoms with van der Waals surface area (Å²) in [5.74, 6) is 0.432. The molecule has 0 saturated carbocycles. The number of rotatable bonds is 3. The first-order chi connectivity index (χ1) is 10.1. The van der Waals surface area contributed by atoms with Crippen LogP contribution in [0.4, 0.5) is 5.69 Å². The number of nitrogens with zero attached hydrogens (tertiary/aromatic N) is 1. The lowest BCUT2D eigenvalue weighted by molar-refractivity contribution is 0.282. The minimum absolute atomic E-state index is 0.432. The second-order valence-corrected chi connectivity index (χ2v) is 7.75. The molecule has 1 atom stereocenters. The van der Waals surface area contributed by atoms with Crippen molar-refractivity contribution in [2.45, 2.75) is 32.7 Å². The van der Waals surface area contributed by atoms with E-state index in [-0.39, 0.29) is 0 Å². The number of benzene rings is 1. The van der Waals surface area contributed by atoms with E-state index in [1.165, 1.54) is 5.56 Å². The van der Waals surface area contributed by atoms with Gasteiger partial charge in [0.05, 0.1) is 5.69 Å². The molecule has 0 amide bonds. The monoisotopic (exact) mass is 309 g/mol. The summed E-state index contributed by atoms with van der Waals surface area (Å²) < 4.78 is 29.5. The van der Waals surface area contributed by atoms with E-state index in [1.54, 1.807) is 4.31 Å². The van der Waals surface area contributed by atoms with Crippen molar-refractivity contribution in [1.82, 2.24) is 9.62 Å². The summed E-state index contributed by atoms with van der Waals surface area (Å²) in [5, 5.41) is 3.31. The van der Waals surface area contributed by atoms with Crippen molar-refractivity contribution in [3.63, 3.8) is 0 Å². The maximum Gasteiger partial charge on any atom is 0.301 e. The fraction of sp³-hybridized carbons (Fsp3) is 0.600. The smallest absolute Gasteiger partial charge is 0.301 e. The minimum Gasteiger partial charge on any atom is -0.312 e. The van der Waals surface area contributed by atoms with Crippen LogP contribution in [0.25, 0.3) is 0 Å². The molecule has 1 aromatic rings. The van der Waals surface area contributed by atoms with Gasteiger partial charge < -0.3 is 5.32 Å². The third-order valence-electron chi connectivity index (χ3n) is 4.34. The normalized spacial score (nSPS) is 23.6. The average molecular weight is 309 g/mol. The topological polar surface area (TPSA) is 61.4 Å². The van der Waals surface area contributed by atoms with Crippen LogP contribution in [-0.2, 0) is 23.2 Å². The second kappa shape index (κ2) is 5.94. The quantitative estimate of drug-likeness (QED) is 0.894. The Hall–Kier alpha value is -1.11. The predicted molar refractivity (Wildman–Crippen MR) is 84.4 cm³/mol. The molecule has 5 nitrogen and oxygen atoms in total. The summed E-state index contributed by atoms with van der Waals surface area (Å²) in [7, 11) is -3.45. The third-order valence-corrected chi connectivity index (χ3v) is 5.83. The van der Waals surface area contributed by atoms with Crippen LogP contribution in [0.1, 0.15) is 30.9 Å². The molecule has 0 spiro atoms. The van der Waals surface area contributed by atoms with Crippen LogP contribution >= 0.6 is 0 Å². The molecule has 0 aromatic heterocycles. The molecule has 0 bridgehead atoms. The SMILES string of the molecule is CC1CCCN(S(=O)(=O)Nc2cccc3c2CNCC3)C1. The zero-order chi connectivity index (χ0) is 14.9. The molecule has 0 aliphatic carbocycles. The molecule has 2 aliphatic rings. The molecule has 6 heteroatoms. The van der Waals surface area contributed by atoms with Crippen LogP contribution < -0.4 is 10.0 Å². The molecule has 1 unspecified atom stereocenters. The average Bonchev–Trinajstić information content (AvgIpc) is 2.47. The van der Waals surface area contributed by atoms with Crippen LogP contribution in [0.2, 0.25) is 0 Å². The molecule has 0 radical (unpaired) electrons. The number of fused-ring (bicyclic) bond motifs is 1. The summed E-state index contributed by atoms with van der Waals surface area (Å²) in [5.41, 5.74) is 3.04. The van der Waals surface area contributed by atoms with E-state index in [1.807, 2.05) is 12.1 Å². The van der Waals surface area contributed by atoms with Gasteiger partial charge in [0, 0.05) is 19.6 Å². The highest BCUT2D eigenvalue weighted by Gasteiger charge is 2.28. The van der Waals surface area contributed by atoms with Gasteiger partial charge in [-0.25, -0.2) is 0 Å². The zero-order valence-electron chi connectivity index (χ0n) is 12.4. The molecule has 1 fully saturated rings. The number of hydrogen-bond acceptors (Lipinski definition) is 3. The molecule has 116 valence electrons.